The van der Waals surface area contributed by atoms with Crippen molar-refractivity contribution >= 4 is 11.8 Å². The Balaban J connectivity index is 1.09. The van der Waals surface area contributed by atoms with Crippen LogP contribution in [-0.4, -0.2) is 53.5 Å². The van der Waals surface area contributed by atoms with Crippen molar-refractivity contribution < 1.29 is 27.9 Å². The van der Waals surface area contributed by atoms with Gasteiger partial charge in [-0.15, -0.1) is 0 Å². The summed E-state index contributed by atoms with van der Waals surface area (Å²) in [5, 5.41) is 16.7. The first-order valence-electron chi connectivity index (χ1n) is 12.4. The summed E-state index contributed by atoms with van der Waals surface area (Å²) in [6, 6.07) is 14.4. The Morgan fingerprint density at radius 3 is 2.56 bits per heavy atom. The third-order valence-corrected chi connectivity index (χ3v) is 8.10. The Kier molecular flexibility index (Phi) is 6.55. The Morgan fingerprint density at radius 2 is 1.86 bits per heavy atom. The highest BCUT2D eigenvalue weighted by atomic mass is 19.4. The van der Waals surface area contributed by atoms with Gasteiger partial charge < -0.3 is 15.7 Å². The van der Waals surface area contributed by atoms with E-state index in [1.165, 1.54) is 12.1 Å². The molecule has 1 aliphatic heterocycles. The molecule has 2 aromatic carbocycles. The zero-order valence-electron chi connectivity index (χ0n) is 19.8. The summed E-state index contributed by atoms with van der Waals surface area (Å²) in [7, 11) is 0. The molecule has 3 N–H and O–H groups in total. The van der Waals surface area contributed by atoms with E-state index in [0.29, 0.717) is 18.5 Å². The fourth-order valence-corrected chi connectivity index (χ4v) is 6.39. The van der Waals surface area contributed by atoms with Crippen molar-refractivity contribution in [3.8, 4) is 0 Å². The fourth-order valence-electron chi connectivity index (χ4n) is 6.39. The van der Waals surface area contributed by atoms with E-state index in [1.54, 1.807) is 0 Å². The molecule has 3 fully saturated rings. The maximum atomic E-state index is 12.9. The molecule has 3 aliphatic rings. The molecular formula is C27H30F3N3O3. The molecule has 0 aromatic heterocycles. The molecule has 2 bridgehead atoms. The van der Waals surface area contributed by atoms with Crippen LogP contribution >= 0.6 is 0 Å². The van der Waals surface area contributed by atoms with E-state index in [0.717, 1.165) is 49.9 Å². The summed E-state index contributed by atoms with van der Waals surface area (Å²) in [5.41, 5.74) is -0.812. The van der Waals surface area contributed by atoms with Crippen molar-refractivity contribution in [1.29, 1.82) is 0 Å². The number of carbonyl (C=O) groups excluding carboxylic acids is 2. The van der Waals surface area contributed by atoms with Crippen LogP contribution in [-0.2, 0) is 16.6 Å². The fraction of sp³-hybridized carbons (Fsp3) is 0.481. The number of hydrogen-bond donors (Lipinski definition) is 3. The van der Waals surface area contributed by atoms with Gasteiger partial charge in [-0.3, -0.25) is 14.5 Å². The normalized spacial score (nSPS) is 29.9. The van der Waals surface area contributed by atoms with Gasteiger partial charge >= 0.3 is 6.18 Å². The molecule has 5 atom stereocenters. The van der Waals surface area contributed by atoms with Gasteiger partial charge in [0.15, 0.2) is 0 Å². The second-order valence-corrected chi connectivity index (χ2v) is 10.3. The average molecular weight is 502 g/mol. The van der Waals surface area contributed by atoms with E-state index in [2.05, 4.69) is 15.5 Å². The first-order chi connectivity index (χ1) is 17.1. The lowest BCUT2D eigenvalue weighted by Gasteiger charge is -2.39. The van der Waals surface area contributed by atoms with Crippen LogP contribution in [0.15, 0.2) is 54.6 Å². The quantitative estimate of drug-likeness (QED) is 0.568. The summed E-state index contributed by atoms with van der Waals surface area (Å²) >= 11 is 0. The van der Waals surface area contributed by atoms with Gasteiger partial charge in [-0.25, -0.2) is 0 Å². The van der Waals surface area contributed by atoms with Crippen molar-refractivity contribution in [3.63, 3.8) is 0 Å². The van der Waals surface area contributed by atoms with Gasteiger partial charge in [0.1, 0.15) is 0 Å². The molecule has 1 heterocycles. The van der Waals surface area contributed by atoms with Gasteiger partial charge in [-0.05, 0) is 61.3 Å². The number of hydrogen-bond acceptors (Lipinski definition) is 4. The molecule has 5 rings (SSSR count). The zero-order chi connectivity index (χ0) is 25.5. The van der Waals surface area contributed by atoms with Crippen LogP contribution in [0.5, 0.6) is 0 Å². The molecule has 4 unspecified atom stereocenters. The molecule has 0 spiro atoms. The first-order valence-corrected chi connectivity index (χ1v) is 12.4. The van der Waals surface area contributed by atoms with E-state index in [4.69, 9.17) is 0 Å². The number of likely N-dealkylation sites (tertiary alicyclic amines) is 1. The minimum Gasteiger partial charge on any atom is -0.385 e. The largest absolute Gasteiger partial charge is 0.416 e. The first kappa shape index (κ1) is 24.8. The molecule has 6 nitrogen and oxygen atoms in total. The average Bonchev–Trinajstić information content (AvgIpc) is 3.57. The summed E-state index contributed by atoms with van der Waals surface area (Å²) in [5.74, 6) is -0.443. The van der Waals surface area contributed by atoms with Gasteiger partial charge in [0.25, 0.3) is 5.91 Å². The number of halogens is 3. The van der Waals surface area contributed by atoms with Gasteiger partial charge in [0.2, 0.25) is 5.91 Å². The van der Waals surface area contributed by atoms with Crippen LogP contribution in [0.4, 0.5) is 13.2 Å². The number of amides is 2. The molecule has 2 amide bonds. The van der Waals surface area contributed by atoms with Crippen LogP contribution in [0.3, 0.4) is 0 Å². The van der Waals surface area contributed by atoms with Crippen LogP contribution in [0, 0.1) is 11.8 Å². The predicted octanol–water partition coefficient (Wildman–Crippen LogP) is 3.31. The van der Waals surface area contributed by atoms with Gasteiger partial charge in [0, 0.05) is 30.7 Å². The molecule has 9 heteroatoms. The monoisotopic (exact) mass is 501 g/mol. The van der Waals surface area contributed by atoms with Gasteiger partial charge in [-0.2, -0.15) is 13.2 Å². The van der Waals surface area contributed by atoms with Crippen molar-refractivity contribution in [2.45, 2.75) is 49.5 Å². The van der Waals surface area contributed by atoms with Gasteiger partial charge in [-0.1, -0.05) is 36.4 Å². The van der Waals surface area contributed by atoms with E-state index < -0.39 is 23.2 Å². The molecule has 36 heavy (non-hydrogen) atoms. The molecule has 192 valence electrons. The van der Waals surface area contributed by atoms with Crippen LogP contribution in [0.25, 0.3) is 0 Å². The number of alkyl halides is 3. The SMILES string of the molecule is O=C(CNC(=O)c1cccc(C(F)(F)F)c1)N[C@@H]1CCN(C2CC3CC2CC3(O)c2ccccc2)C1. The Hall–Kier alpha value is -2.91. The standard InChI is InChI=1S/C27H30F3N3O3/c28-27(29,30)20-8-4-5-17(11-20)25(35)31-15-24(34)32-22-9-10-33(16-22)23-13-21-12-18(23)14-26(21,36)19-6-2-1-3-7-19/h1-8,11,18,21-23,36H,9-10,12-16H2,(H,31,35)(H,32,34)/t18?,21?,22-,23?,26?/m1/s1. The molecule has 2 saturated carbocycles. The predicted molar refractivity (Wildman–Crippen MR) is 127 cm³/mol. The summed E-state index contributed by atoms with van der Waals surface area (Å²) in [6.07, 6.45) is -1.05. The third-order valence-electron chi connectivity index (χ3n) is 8.10. The molecule has 0 radical (unpaired) electrons. The minimum absolute atomic E-state index is 0.0462. The van der Waals surface area contributed by atoms with Crippen LogP contribution in [0.2, 0.25) is 0 Å². The van der Waals surface area contributed by atoms with Crippen molar-refractivity contribution in [2.24, 2.45) is 11.8 Å². The molecule has 1 saturated heterocycles. The summed E-state index contributed by atoms with van der Waals surface area (Å²) in [6.45, 7) is 1.27. The van der Waals surface area contributed by atoms with Crippen molar-refractivity contribution in [2.75, 3.05) is 19.6 Å². The van der Waals surface area contributed by atoms with Crippen molar-refractivity contribution in [1.82, 2.24) is 15.5 Å². The lowest BCUT2D eigenvalue weighted by atomic mass is 9.77. The zero-order valence-corrected chi connectivity index (χ0v) is 19.8. The topological polar surface area (TPSA) is 81.7 Å². The Labute approximate surface area is 207 Å². The molecule has 2 aromatic rings. The summed E-state index contributed by atoms with van der Waals surface area (Å²) < 4.78 is 38.6. The number of benzene rings is 2. The van der Waals surface area contributed by atoms with E-state index >= 15 is 0 Å². The number of rotatable bonds is 6. The number of nitrogens with zero attached hydrogens (tertiary/aromatic N) is 1. The molecular weight excluding hydrogens is 471 g/mol. The van der Waals surface area contributed by atoms with Crippen molar-refractivity contribution in [3.05, 3.63) is 71.3 Å². The van der Waals surface area contributed by atoms with Crippen LogP contribution < -0.4 is 10.6 Å². The lowest BCUT2D eigenvalue weighted by Crippen LogP contribution is -2.46. The number of carbonyl (C=O) groups is 2. The highest BCUT2D eigenvalue weighted by molar-refractivity contribution is 5.96. The molecule has 2 aliphatic carbocycles. The summed E-state index contributed by atoms with van der Waals surface area (Å²) in [4.78, 5) is 27.0. The van der Waals surface area contributed by atoms with E-state index in [9.17, 15) is 27.9 Å². The third kappa shape index (κ3) is 4.86. The maximum Gasteiger partial charge on any atom is 0.416 e. The number of nitrogens with one attached hydrogen (secondary N) is 2. The van der Waals surface area contributed by atoms with E-state index in [-0.39, 0.29) is 30.0 Å². The van der Waals surface area contributed by atoms with Gasteiger partial charge in [0.05, 0.1) is 17.7 Å². The lowest BCUT2D eigenvalue weighted by molar-refractivity contribution is -0.137. The highest BCUT2D eigenvalue weighted by Gasteiger charge is 2.56. The highest BCUT2D eigenvalue weighted by Crippen LogP contribution is 2.57. The second kappa shape index (κ2) is 9.52. The Morgan fingerprint density at radius 1 is 1.08 bits per heavy atom. The minimum atomic E-state index is -4.54. The van der Waals surface area contributed by atoms with E-state index in [1.807, 2.05) is 30.3 Å². The second-order valence-electron chi connectivity index (χ2n) is 10.3. The number of fused-ring (bicyclic) bond motifs is 2. The smallest absolute Gasteiger partial charge is 0.385 e. The Bertz CT molecular complexity index is 1130. The van der Waals surface area contributed by atoms with Crippen LogP contribution in [0.1, 0.15) is 47.2 Å². The maximum absolute atomic E-state index is 12.9. The number of aliphatic hydroxyl groups is 1.